The quantitative estimate of drug-likeness (QED) is 0.800. The van der Waals surface area contributed by atoms with E-state index in [1.165, 1.54) is 16.9 Å². The fourth-order valence-corrected chi connectivity index (χ4v) is 4.30. The smallest absolute Gasteiger partial charge is 0.152 e. The zero-order chi connectivity index (χ0) is 19.5. The minimum absolute atomic E-state index is 0. The second-order valence-corrected chi connectivity index (χ2v) is 7.90. The number of aliphatic hydroxyl groups excluding tert-OH is 1. The van der Waals surface area contributed by atoms with Gasteiger partial charge in [0, 0.05) is 69.8 Å². The summed E-state index contributed by atoms with van der Waals surface area (Å²) in [7, 11) is 0. The Balaban J connectivity index is 0.00000240. The van der Waals surface area contributed by atoms with E-state index < -0.39 is 0 Å². The molecule has 2 aliphatic rings. The summed E-state index contributed by atoms with van der Waals surface area (Å²) in [4.78, 5) is 12.0. The van der Waals surface area contributed by atoms with Crippen LogP contribution in [0.25, 0.3) is 0 Å². The molecule has 4 rings (SSSR count). The highest BCUT2D eigenvalue weighted by Gasteiger charge is 2.25. The van der Waals surface area contributed by atoms with Crippen LogP contribution < -0.4 is 9.80 Å². The lowest BCUT2D eigenvalue weighted by Gasteiger charge is -2.39. The number of nitrogens with zero attached hydrogens (tertiary/aromatic N) is 6. The van der Waals surface area contributed by atoms with Crippen molar-refractivity contribution < 1.29 is 5.11 Å². The third kappa shape index (κ3) is 4.85. The van der Waals surface area contributed by atoms with Crippen molar-refractivity contribution in [2.24, 2.45) is 0 Å². The van der Waals surface area contributed by atoms with Gasteiger partial charge in [0.05, 0.1) is 18.0 Å². The molecule has 0 unspecified atom stereocenters. The molecule has 2 aliphatic heterocycles. The van der Waals surface area contributed by atoms with E-state index in [-0.39, 0.29) is 18.5 Å². The van der Waals surface area contributed by atoms with Gasteiger partial charge in [-0.25, -0.2) is 4.98 Å². The molecule has 2 aromatic heterocycles. The Bertz CT molecular complexity index is 781. The van der Waals surface area contributed by atoms with Crippen LogP contribution in [0.1, 0.15) is 31.0 Å². The summed E-state index contributed by atoms with van der Waals surface area (Å²) in [5, 5.41) is 14.3. The molecule has 2 aromatic rings. The number of piperazine rings is 1. The Kier molecular flexibility index (Phi) is 7.38. The minimum atomic E-state index is -0.160. The van der Waals surface area contributed by atoms with E-state index in [1.54, 1.807) is 0 Å². The van der Waals surface area contributed by atoms with Crippen molar-refractivity contribution >= 4 is 23.9 Å². The van der Waals surface area contributed by atoms with Crippen LogP contribution in [0.5, 0.6) is 0 Å². The van der Waals surface area contributed by atoms with Gasteiger partial charge in [-0.3, -0.25) is 9.58 Å². The average molecular weight is 421 g/mol. The third-order valence-corrected chi connectivity index (χ3v) is 6.14. The van der Waals surface area contributed by atoms with Crippen LogP contribution in [0.15, 0.2) is 24.5 Å². The van der Waals surface area contributed by atoms with Gasteiger partial charge in [0.25, 0.3) is 0 Å². The van der Waals surface area contributed by atoms with Crippen LogP contribution in [-0.2, 0) is 13.1 Å². The molecule has 160 valence electrons. The molecule has 7 nitrogen and oxygen atoms in total. The Morgan fingerprint density at radius 2 is 1.79 bits per heavy atom. The van der Waals surface area contributed by atoms with Crippen LogP contribution in [0.4, 0.5) is 11.5 Å². The molecule has 0 bridgehead atoms. The second-order valence-electron chi connectivity index (χ2n) is 7.90. The van der Waals surface area contributed by atoms with Gasteiger partial charge in [0.15, 0.2) is 5.82 Å². The van der Waals surface area contributed by atoms with Crippen LogP contribution in [0.3, 0.4) is 0 Å². The first-order valence-electron chi connectivity index (χ1n) is 10.5. The topological polar surface area (TPSA) is 60.7 Å². The normalized spacial score (nSPS) is 18.7. The lowest BCUT2D eigenvalue weighted by atomic mass is 10.1. The van der Waals surface area contributed by atoms with E-state index in [0.29, 0.717) is 0 Å². The molecule has 1 N–H and O–H groups in total. The van der Waals surface area contributed by atoms with Gasteiger partial charge in [-0.15, -0.1) is 12.4 Å². The average Bonchev–Trinajstić information content (AvgIpc) is 3.09. The molecular formula is C21H33ClN6O. The molecule has 0 amide bonds. The summed E-state index contributed by atoms with van der Waals surface area (Å²) >= 11 is 0. The number of aliphatic hydroxyl groups is 1. The number of rotatable bonds is 5. The number of aryl methyl sites for hydroxylation is 1. The molecule has 29 heavy (non-hydrogen) atoms. The largest absolute Gasteiger partial charge is 0.393 e. The maximum atomic E-state index is 9.81. The van der Waals surface area contributed by atoms with Crippen LogP contribution in [0.2, 0.25) is 0 Å². The third-order valence-electron chi connectivity index (χ3n) is 6.14. The molecule has 0 spiro atoms. The predicted octanol–water partition coefficient (Wildman–Crippen LogP) is 2.31. The number of halogens is 1. The lowest BCUT2D eigenvalue weighted by molar-refractivity contribution is 0.145. The maximum absolute atomic E-state index is 9.81. The predicted molar refractivity (Wildman–Crippen MR) is 119 cm³/mol. The summed E-state index contributed by atoms with van der Waals surface area (Å²) < 4.78 is 2.07. The fraction of sp³-hybridized carbons (Fsp3) is 0.619. The molecular weight excluding hydrogens is 388 g/mol. The summed E-state index contributed by atoms with van der Waals surface area (Å²) in [5.41, 5.74) is 3.85. The van der Waals surface area contributed by atoms with Crippen molar-refractivity contribution in [2.75, 3.05) is 49.1 Å². The van der Waals surface area contributed by atoms with E-state index in [0.717, 1.165) is 71.0 Å². The van der Waals surface area contributed by atoms with Gasteiger partial charge in [-0.05, 0) is 38.8 Å². The number of anilines is 2. The number of pyridine rings is 1. The first-order valence-corrected chi connectivity index (χ1v) is 10.5. The van der Waals surface area contributed by atoms with Crippen molar-refractivity contribution in [1.82, 2.24) is 19.7 Å². The second kappa shape index (κ2) is 9.78. The Morgan fingerprint density at radius 1 is 1.07 bits per heavy atom. The molecule has 0 aromatic carbocycles. The van der Waals surface area contributed by atoms with Crippen molar-refractivity contribution in [3.05, 3.63) is 35.8 Å². The summed E-state index contributed by atoms with van der Waals surface area (Å²) in [6.07, 6.45) is 5.40. The molecule has 0 radical (unpaired) electrons. The zero-order valence-corrected chi connectivity index (χ0v) is 18.3. The maximum Gasteiger partial charge on any atom is 0.152 e. The molecule has 2 saturated heterocycles. The van der Waals surface area contributed by atoms with E-state index in [9.17, 15) is 5.11 Å². The molecule has 2 fully saturated rings. The molecule has 0 atom stereocenters. The van der Waals surface area contributed by atoms with E-state index in [2.05, 4.69) is 44.4 Å². The van der Waals surface area contributed by atoms with Crippen molar-refractivity contribution in [3.63, 3.8) is 0 Å². The van der Waals surface area contributed by atoms with Crippen LogP contribution in [-0.4, -0.2) is 70.1 Å². The van der Waals surface area contributed by atoms with Crippen molar-refractivity contribution in [3.8, 4) is 0 Å². The molecule has 4 heterocycles. The first kappa shape index (κ1) is 21.9. The van der Waals surface area contributed by atoms with Crippen molar-refractivity contribution in [2.45, 2.75) is 45.9 Å². The Morgan fingerprint density at radius 3 is 2.45 bits per heavy atom. The number of hydrogen-bond acceptors (Lipinski definition) is 6. The molecule has 0 saturated carbocycles. The zero-order valence-electron chi connectivity index (χ0n) is 17.5. The molecule has 0 aliphatic carbocycles. The van der Waals surface area contributed by atoms with Gasteiger partial charge >= 0.3 is 0 Å². The SMILES string of the molecule is CCn1ncc(CN2CCN(c3cccnc3N3CCC(O)CC3)CC2)c1C.Cl. The lowest BCUT2D eigenvalue weighted by Crippen LogP contribution is -2.47. The van der Waals surface area contributed by atoms with Gasteiger partial charge in [0.1, 0.15) is 0 Å². The van der Waals surface area contributed by atoms with E-state index >= 15 is 0 Å². The van der Waals surface area contributed by atoms with Gasteiger partial charge in [-0.2, -0.15) is 5.10 Å². The van der Waals surface area contributed by atoms with E-state index in [4.69, 9.17) is 4.98 Å². The first-order chi connectivity index (χ1) is 13.7. The molecule has 8 heteroatoms. The van der Waals surface area contributed by atoms with Gasteiger partial charge in [0.2, 0.25) is 0 Å². The number of piperidine rings is 1. The van der Waals surface area contributed by atoms with Crippen LogP contribution >= 0.6 is 12.4 Å². The summed E-state index contributed by atoms with van der Waals surface area (Å²) in [6, 6.07) is 4.23. The minimum Gasteiger partial charge on any atom is -0.393 e. The highest BCUT2D eigenvalue weighted by atomic mass is 35.5. The monoisotopic (exact) mass is 420 g/mol. The summed E-state index contributed by atoms with van der Waals surface area (Å²) in [5.74, 6) is 1.07. The van der Waals surface area contributed by atoms with Gasteiger partial charge < -0.3 is 14.9 Å². The highest BCUT2D eigenvalue weighted by Crippen LogP contribution is 2.30. The van der Waals surface area contributed by atoms with E-state index in [1.807, 2.05) is 18.5 Å². The number of aromatic nitrogens is 3. The summed E-state index contributed by atoms with van der Waals surface area (Å²) in [6.45, 7) is 12.1. The Labute approximate surface area is 179 Å². The van der Waals surface area contributed by atoms with Crippen LogP contribution in [0, 0.1) is 6.92 Å². The standard InChI is InChI=1S/C21H32N6O.ClH/c1-3-27-17(2)18(15-23-27)16-24-11-13-25(14-12-24)20-5-4-8-22-21(20)26-9-6-19(28)7-10-26;/h4-5,8,15,19,28H,3,6-7,9-14,16H2,1-2H3;1H. The van der Waals surface area contributed by atoms with Crippen molar-refractivity contribution in [1.29, 1.82) is 0 Å². The van der Waals surface area contributed by atoms with Gasteiger partial charge in [-0.1, -0.05) is 0 Å². The Hall–Kier alpha value is -1.83. The fourth-order valence-electron chi connectivity index (χ4n) is 4.30. The number of hydrogen-bond donors (Lipinski definition) is 1. The highest BCUT2D eigenvalue weighted by molar-refractivity contribution is 5.85.